The number of amides is 2. The van der Waals surface area contributed by atoms with E-state index >= 15 is 0 Å². The van der Waals surface area contributed by atoms with Crippen LogP contribution in [-0.2, 0) is 25.5 Å². The maximum Gasteiger partial charge on any atom is 0.339 e. The van der Waals surface area contributed by atoms with Crippen LogP contribution in [0.5, 0.6) is 0 Å². The number of ether oxygens (including phenoxy) is 2. The number of cyclic esters (lactones) is 1. The van der Waals surface area contributed by atoms with Crippen molar-refractivity contribution in [3.8, 4) is 0 Å². The van der Waals surface area contributed by atoms with Crippen LogP contribution in [0, 0.1) is 0 Å². The van der Waals surface area contributed by atoms with Crippen LogP contribution < -0.4 is 5.32 Å². The molecule has 1 N–H and O–H groups in total. The van der Waals surface area contributed by atoms with Gasteiger partial charge in [0, 0.05) is 20.5 Å². The number of likely N-dealkylation sites (N-methyl/N-ethyl adjacent to an activating group) is 1. The van der Waals surface area contributed by atoms with Gasteiger partial charge in [0.1, 0.15) is 6.10 Å². The van der Waals surface area contributed by atoms with Gasteiger partial charge in [0.25, 0.3) is 5.91 Å². The van der Waals surface area contributed by atoms with Crippen molar-refractivity contribution in [2.75, 3.05) is 27.2 Å². The van der Waals surface area contributed by atoms with Crippen molar-refractivity contribution in [2.24, 2.45) is 0 Å². The molecule has 0 radical (unpaired) electrons. The quantitative estimate of drug-likeness (QED) is 0.724. The maximum absolute atomic E-state index is 12.3. The first-order valence-electron chi connectivity index (χ1n) is 9.38. The molecular formula is C22H22N2O6. The Bertz CT molecular complexity index is 971. The Morgan fingerprint density at radius 3 is 2.57 bits per heavy atom. The molecule has 1 aliphatic heterocycles. The monoisotopic (exact) mass is 410 g/mol. The molecule has 0 spiro atoms. The summed E-state index contributed by atoms with van der Waals surface area (Å²) >= 11 is 0. The lowest BCUT2D eigenvalue weighted by atomic mass is 9.93. The molecule has 0 aromatic heterocycles. The van der Waals surface area contributed by atoms with Crippen LogP contribution in [-0.4, -0.2) is 55.9 Å². The van der Waals surface area contributed by atoms with Gasteiger partial charge >= 0.3 is 11.9 Å². The Hall–Kier alpha value is -3.68. The molecule has 0 aliphatic carbocycles. The number of nitrogens with one attached hydrogen (secondary N) is 1. The van der Waals surface area contributed by atoms with Gasteiger partial charge in [-0.3, -0.25) is 9.59 Å². The third-order valence-corrected chi connectivity index (χ3v) is 4.66. The van der Waals surface area contributed by atoms with Gasteiger partial charge in [0.15, 0.2) is 6.61 Å². The standard InChI is InChI=1S/C22H22N2O6/c1-24(2)20(26)12-23-19(25)13-29-21(27)15-8-9-17-16(10-15)11-18(30-22(17)28)14-6-4-3-5-7-14/h3-10,18H,11-13H2,1-2H3,(H,23,25)/t18-/m1/s1. The molecule has 0 bridgehead atoms. The van der Waals surface area contributed by atoms with Crippen LogP contribution in [0.15, 0.2) is 48.5 Å². The van der Waals surface area contributed by atoms with Crippen molar-refractivity contribution in [1.29, 1.82) is 0 Å². The fourth-order valence-corrected chi connectivity index (χ4v) is 2.97. The molecular weight excluding hydrogens is 388 g/mol. The zero-order valence-electron chi connectivity index (χ0n) is 16.7. The fourth-order valence-electron chi connectivity index (χ4n) is 2.97. The van der Waals surface area contributed by atoms with Gasteiger partial charge in [-0.25, -0.2) is 9.59 Å². The van der Waals surface area contributed by atoms with E-state index in [1.807, 2.05) is 30.3 Å². The van der Waals surface area contributed by atoms with Crippen molar-refractivity contribution in [1.82, 2.24) is 10.2 Å². The minimum atomic E-state index is -0.693. The van der Waals surface area contributed by atoms with Crippen molar-refractivity contribution >= 4 is 23.8 Å². The number of esters is 2. The van der Waals surface area contributed by atoms with Gasteiger partial charge < -0.3 is 19.7 Å². The zero-order chi connectivity index (χ0) is 21.7. The average molecular weight is 410 g/mol. The molecule has 0 saturated carbocycles. The van der Waals surface area contributed by atoms with Gasteiger partial charge in [0.2, 0.25) is 5.91 Å². The van der Waals surface area contributed by atoms with Crippen LogP contribution >= 0.6 is 0 Å². The smallest absolute Gasteiger partial charge is 0.339 e. The van der Waals surface area contributed by atoms with E-state index in [1.54, 1.807) is 20.2 Å². The molecule has 8 heteroatoms. The summed E-state index contributed by atoms with van der Waals surface area (Å²) in [4.78, 5) is 49.2. The van der Waals surface area contributed by atoms with Crippen molar-refractivity contribution in [2.45, 2.75) is 12.5 Å². The Labute approximate surface area is 173 Å². The van der Waals surface area contributed by atoms with Crippen molar-refractivity contribution in [3.63, 3.8) is 0 Å². The second-order valence-electron chi connectivity index (χ2n) is 7.02. The minimum absolute atomic E-state index is 0.175. The summed E-state index contributed by atoms with van der Waals surface area (Å²) in [5.74, 6) is -1.99. The average Bonchev–Trinajstić information content (AvgIpc) is 2.75. The summed E-state index contributed by atoms with van der Waals surface area (Å²) in [6.07, 6.45) is -0.00299. The van der Waals surface area contributed by atoms with E-state index in [1.165, 1.54) is 17.0 Å². The van der Waals surface area contributed by atoms with E-state index in [0.29, 0.717) is 17.5 Å². The summed E-state index contributed by atoms with van der Waals surface area (Å²) in [5.41, 5.74) is 2.18. The summed E-state index contributed by atoms with van der Waals surface area (Å²) < 4.78 is 10.5. The topological polar surface area (TPSA) is 102 Å². The number of nitrogens with zero attached hydrogens (tertiary/aromatic N) is 1. The largest absolute Gasteiger partial charge is 0.454 e. The number of hydrogen-bond donors (Lipinski definition) is 1. The van der Waals surface area contributed by atoms with E-state index in [0.717, 1.165) is 5.56 Å². The van der Waals surface area contributed by atoms with Crippen molar-refractivity contribution < 1.29 is 28.7 Å². The Balaban J connectivity index is 1.63. The summed E-state index contributed by atoms with van der Waals surface area (Å²) in [6.45, 7) is -0.684. The molecule has 8 nitrogen and oxygen atoms in total. The lowest BCUT2D eigenvalue weighted by molar-refractivity contribution is -0.131. The molecule has 0 fully saturated rings. The van der Waals surface area contributed by atoms with E-state index in [4.69, 9.17) is 9.47 Å². The Kier molecular flexibility index (Phi) is 6.46. The van der Waals surface area contributed by atoms with E-state index in [9.17, 15) is 19.2 Å². The number of fused-ring (bicyclic) bond motifs is 1. The lowest BCUT2D eigenvalue weighted by Crippen LogP contribution is -2.38. The third kappa shape index (κ3) is 5.02. The van der Waals surface area contributed by atoms with E-state index in [2.05, 4.69) is 5.32 Å². The molecule has 3 rings (SSSR count). The van der Waals surface area contributed by atoms with Gasteiger partial charge in [-0.15, -0.1) is 0 Å². The highest BCUT2D eigenvalue weighted by Gasteiger charge is 2.28. The fraction of sp³-hybridized carbons (Fsp3) is 0.273. The first-order valence-corrected chi connectivity index (χ1v) is 9.38. The lowest BCUT2D eigenvalue weighted by Gasteiger charge is -2.25. The summed E-state index contributed by atoms with van der Waals surface area (Å²) in [5, 5.41) is 2.38. The SMILES string of the molecule is CN(C)C(=O)CNC(=O)COC(=O)c1ccc2c(c1)C[C@H](c1ccccc1)OC2=O. The molecule has 1 atom stereocenters. The molecule has 2 aromatic rings. The van der Waals surface area contributed by atoms with Gasteiger partial charge in [0.05, 0.1) is 17.7 Å². The summed E-state index contributed by atoms with van der Waals surface area (Å²) in [7, 11) is 3.14. The van der Waals surface area contributed by atoms with E-state index < -0.39 is 30.6 Å². The molecule has 2 amide bonds. The Morgan fingerprint density at radius 1 is 1.13 bits per heavy atom. The molecule has 30 heavy (non-hydrogen) atoms. The first kappa shape index (κ1) is 21.0. The minimum Gasteiger partial charge on any atom is -0.454 e. The van der Waals surface area contributed by atoms with Crippen molar-refractivity contribution in [3.05, 3.63) is 70.8 Å². The van der Waals surface area contributed by atoms with Gasteiger partial charge in [-0.1, -0.05) is 30.3 Å². The number of rotatable bonds is 6. The second kappa shape index (κ2) is 9.21. The van der Waals surface area contributed by atoms with Gasteiger partial charge in [-0.05, 0) is 29.3 Å². The van der Waals surface area contributed by atoms with Crippen LogP contribution in [0.1, 0.15) is 37.9 Å². The Morgan fingerprint density at radius 2 is 1.87 bits per heavy atom. The first-order chi connectivity index (χ1) is 14.3. The molecule has 156 valence electrons. The van der Waals surface area contributed by atoms with Gasteiger partial charge in [-0.2, -0.15) is 0 Å². The molecule has 0 saturated heterocycles. The highest BCUT2D eigenvalue weighted by Crippen LogP contribution is 2.31. The number of carbonyl (C=O) groups excluding carboxylic acids is 4. The normalized spacial score (nSPS) is 14.9. The summed E-state index contributed by atoms with van der Waals surface area (Å²) in [6, 6.07) is 13.9. The molecule has 0 unspecified atom stereocenters. The predicted octanol–water partition coefficient (Wildman–Crippen LogP) is 1.50. The number of carbonyl (C=O) groups is 4. The highest BCUT2D eigenvalue weighted by molar-refractivity contribution is 5.96. The van der Waals surface area contributed by atoms with Crippen LogP contribution in [0.3, 0.4) is 0 Å². The van der Waals surface area contributed by atoms with E-state index in [-0.39, 0.29) is 18.0 Å². The third-order valence-electron chi connectivity index (χ3n) is 4.66. The van der Waals surface area contributed by atoms with Crippen LogP contribution in [0.25, 0.3) is 0 Å². The van der Waals surface area contributed by atoms with Crippen LogP contribution in [0.2, 0.25) is 0 Å². The number of hydrogen-bond acceptors (Lipinski definition) is 6. The predicted molar refractivity (Wildman–Crippen MR) is 107 cm³/mol. The number of benzene rings is 2. The molecule has 1 aliphatic rings. The molecule has 2 aromatic carbocycles. The highest BCUT2D eigenvalue weighted by atomic mass is 16.5. The van der Waals surface area contributed by atoms with Crippen LogP contribution in [0.4, 0.5) is 0 Å². The zero-order valence-corrected chi connectivity index (χ0v) is 16.7. The molecule has 1 heterocycles. The maximum atomic E-state index is 12.3. The second-order valence-corrected chi connectivity index (χ2v) is 7.02.